The summed E-state index contributed by atoms with van der Waals surface area (Å²) in [5.41, 5.74) is 1.05. The molecule has 2 aromatic heterocycles. The Bertz CT molecular complexity index is 401. The molecule has 0 unspecified atom stereocenters. The van der Waals surface area contributed by atoms with E-state index in [1.807, 2.05) is 6.07 Å². The van der Waals surface area contributed by atoms with Gasteiger partial charge in [-0.1, -0.05) is 0 Å². The van der Waals surface area contributed by atoms with E-state index >= 15 is 0 Å². The van der Waals surface area contributed by atoms with Crippen LogP contribution in [0.15, 0.2) is 39.9 Å². The van der Waals surface area contributed by atoms with E-state index in [2.05, 4.69) is 31.2 Å². The molecular weight excluding hydrogens is 246 g/mol. The molecular formula is C9H8BrN3O. The van der Waals surface area contributed by atoms with Gasteiger partial charge in [-0.15, -0.1) is 0 Å². The van der Waals surface area contributed by atoms with Gasteiger partial charge in [0.15, 0.2) is 4.67 Å². The Hall–Kier alpha value is -1.36. The molecule has 0 spiro atoms. The predicted octanol–water partition coefficient (Wildman–Crippen LogP) is 2.44. The molecule has 0 amide bonds. The van der Waals surface area contributed by atoms with Crippen molar-refractivity contribution in [1.29, 1.82) is 0 Å². The van der Waals surface area contributed by atoms with E-state index in [-0.39, 0.29) is 0 Å². The van der Waals surface area contributed by atoms with E-state index in [0.29, 0.717) is 12.5 Å². The summed E-state index contributed by atoms with van der Waals surface area (Å²) in [5, 5.41) is 3.07. The zero-order chi connectivity index (χ0) is 9.80. The second-order valence-electron chi connectivity index (χ2n) is 2.69. The molecule has 0 fully saturated rings. The van der Waals surface area contributed by atoms with E-state index in [9.17, 15) is 0 Å². The van der Waals surface area contributed by atoms with Crippen molar-refractivity contribution in [2.45, 2.75) is 6.54 Å². The minimum Gasteiger partial charge on any atom is -0.457 e. The van der Waals surface area contributed by atoms with Crippen LogP contribution in [0, 0.1) is 0 Å². The molecule has 2 rings (SSSR count). The van der Waals surface area contributed by atoms with Crippen LogP contribution in [-0.2, 0) is 6.54 Å². The Labute approximate surface area is 89.5 Å². The Morgan fingerprint density at radius 2 is 2.14 bits per heavy atom. The largest absolute Gasteiger partial charge is 0.457 e. The average molecular weight is 254 g/mol. The summed E-state index contributed by atoms with van der Waals surface area (Å²) in [6, 6.07) is 3.68. The normalized spacial score (nSPS) is 10.1. The van der Waals surface area contributed by atoms with E-state index < -0.39 is 0 Å². The van der Waals surface area contributed by atoms with Gasteiger partial charge in [-0.2, -0.15) is 0 Å². The highest BCUT2D eigenvalue weighted by Crippen LogP contribution is 2.14. The zero-order valence-electron chi connectivity index (χ0n) is 7.27. The van der Waals surface area contributed by atoms with Gasteiger partial charge in [0, 0.05) is 24.5 Å². The molecule has 72 valence electrons. The summed E-state index contributed by atoms with van der Waals surface area (Å²) in [7, 11) is 0. The lowest BCUT2D eigenvalue weighted by Gasteiger charge is -2.00. The fraction of sp³-hybridized carbons (Fsp3) is 0.111. The third-order valence-corrected chi connectivity index (χ3v) is 2.05. The zero-order valence-corrected chi connectivity index (χ0v) is 8.86. The van der Waals surface area contributed by atoms with Gasteiger partial charge < -0.3 is 9.73 Å². The highest BCUT2D eigenvalue weighted by molar-refractivity contribution is 9.10. The molecule has 1 N–H and O–H groups in total. The molecule has 0 bridgehead atoms. The van der Waals surface area contributed by atoms with Gasteiger partial charge in [0.05, 0.1) is 6.26 Å². The van der Waals surface area contributed by atoms with Gasteiger partial charge in [-0.3, -0.25) is 0 Å². The van der Waals surface area contributed by atoms with Crippen LogP contribution >= 0.6 is 15.9 Å². The van der Waals surface area contributed by atoms with Crippen molar-refractivity contribution in [1.82, 2.24) is 9.97 Å². The Balaban J connectivity index is 1.95. The van der Waals surface area contributed by atoms with Crippen molar-refractivity contribution in [2.75, 3.05) is 5.32 Å². The topological polar surface area (TPSA) is 51.0 Å². The molecule has 0 radical (unpaired) electrons. The number of furan rings is 1. The molecule has 0 aliphatic carbocycles. The van der Waals surface area contributed by atoms with Gasteiger partial charge in [-0.25, -0.2) is 9.97 Å². The van der Waals surface area contributed by atoms with Crippen molar-refractivity contribution in [3.05, 3.63) is 41.0 Å². The van der Waals surface area contributed by atoms with Crippen LogP contribution in [0.25, 0.3) is 0 Å². The second kappa shape index (κ2) is 4.23. The molecule has 2 heterocycles. The minimum absolute atomic E-state index is 0.616. The van der Waals surface area contributed by atoms with Crippen LogP contribution in [0.2, 0.25) is 0 Å². The third-order valence-electron chi connectivity index (χ3n) is 1.64. The second-order valence-corrected chi connectivity index (χ2v) is 3.47. The molecule has 14 heavy (non-hydrogen) atoms. The SMILES string of the molecule is Brc1cc(CNc2ncccn2)co1. The molecule has 0 aliphatic heterocycles. The van der Waals surface area contributed by atoms with Crippen molar-refractivity contribution >= 4 is 21.9 Å². The Kier molecular flexibility index (Phi) is 2.78. The number of nitrogens with one attached hydrogen (secondary N) is 1. The molecule has 0 aromatic carbocycles. The number of nitrogens with zero attached hydrogens (tertiary/aromatic N) is 2. The van der Waals surface area contributed by atoms with Crippen molar-refractivity contribution < 1.29 is 4.42 Å². The summed E-state index contributed by atoms with van der Waals surface area (Å²) in [5.74, 6) is 0.616. The smallest absolute Gasteiger partial charge is 0.222 e. The standard InChI is InChI=1S/C9H8BrN3O/c10-8-4-7(6-14-8)5-13-9-11-2-1-3-12-9/h1-4,6H,5H2,(H,11,12,13). The van der Waals surface area contributed by atoms with Crippen molar-refractivity contribution in [2.24, 2.45) is 0 Å². The van der Waals surface area contributed by atoms with Gasteiger partial charge >= 0.3 is 0 Å². The van der Waals surface area contributed by atoms with Crippen molar-refractivity contribution in [3.63, 3.8) is 0 Å². The van der Waals surface area contributed by atoms with Crippen LogP contribution in [0.4, 0.5) is 5.95 Å². The summed E-state index contributed by atoms with van der Waals surface area (Å²) >= 11 is 3.23. The van der Waals surface area contributed by atoms with Crippen LogP contribution in [0.5, 0.6) is 0 Å². The molecule has 0 saturated carbocycles. The van der Waals surface area contributed by atoms with E-state index in [4.69, 9.17) is 4.42 Å². The third kappa shape index (κ3) is 2.32. The molecule has 0 atom stereocenters. The first kappa shape index (κ1) is 9.21. The number of aromatic nitrogens is 2. The molecule has 0 aliphatic rings. The summed E-state index contributed by atoms with van der Waals surface area (Å²) < 4.78 is 5.81. The lowest BCUT2D eigenvalue weighted by molar-refractivity contribution is 0.539. The first-order chi connectivity index (χ1) is 6.84. The van der Waals surface area contributed by atoms with Gasteiger partial charge in [0.2, 0.25) is 5.95 Å². The molecule has 0 saturated heterocycles. The lowest BCUT2D eigenvalue weighted by Crippen LogP contribution is -2.01. The highest BCUT2D eigenvalue weighted by Gasteiger charge is 1.99. The fourth-order valence-electron chi connectivity index (χ4n) is 1.01. The van der Waals surface area contributed by atoms with Crippen LogP contribution in [-0.4, -0.2) is 9.97 Å². The highest BCUT2D eigenvalue weighted by atomic mass is 79.9. The number of anilines is 1. The molecule has 5 heteroatoms. The maximum atomic E-state index is 5.09. The summed E-state index contributed by atoms with van der Waals surface area (Å²) in [4.78, 5) is 8.07. The Morgan fingerprint density at radius 3 is 2.79 bits per heavy atom. The van der Waals surface area contributed by atoms with Crippen LogP contribution < -0.4 is 5.32 Å². The quantitative estimate of drug-likeness (QED) is 0.913. The average Bonchev–Trinajstić information content (AvgIpc) is 2.63. The van der Waals surface area contributed by atoms with Crippen LogP contribution in [0.1, 0.15) is 5.56 Å². The predicted molar refractivity (Wildman–Crippen MR) is 55.8 cm³/mol. The fourth-order valence-corrected chi connectivity index (χ4v) is 1.40. The number of hydrogen-bond donors (Lipinski definition) is 1. The van der Waals surface area contributed by atoms with Crippen molar-refractivity contribution in [3.8, 4) is 0 Å². The summed E-state index contributed by atoms with van der Waals surface area (Å²) in [6.07, 6.45) is 5.07. The monoisotopic (exact) mass is 253 g/mol. The Morgan fingerprint density at radius 1 is 1.36 bits per heavy atom. The van der Waals surface area contributed by atoms with E-state index in [1.165, 1.54) is 0 Å². The number of rotatable bonds is 3. The minimum atomic E-state index is 0.616. The summed E-state index contributed by atoms with van der Waals surface area (Å²) in [6.45, 7) is 0.652. The molecule has 2 aromatic rings. The maximum Gasteiger partial charge on any atom is 0.222 e. The van der Waals surface area contributed by atoms with Crippen LogP contribution in [0.3, 0.4) is 0 Å². The first-order valence-corrected chi connectivity index (χ1v) is 4.88. The lowest BCUT2D eigenvalue weighted by atomic mass is 10.3. The van der Waals surface area contributed by atoms with Gasteiger partial charge in [0.1, 0.15) is 0 Å². The molecule has 4 nitrogen and oxygen atoms in total. The van der Waals surface area contributed by atoms with Gasteiger partial charge in [0.25, 0.3) is 0 Å². The van der Waals surface area contributed by atoms with E-state index in [1.54, 1.807) is 24.7 Å². The number of hydrogen-bond acceptors (Lipinski definition) is 4. The number of halogens is 1. The maximum absolute atomic E-state index is 5.09. The van der Waals surface area contributed by atoms with E-state index in [0.717, 1.165) is 10.2 Å². The first-order valence-electron chi connectivity index (χ1n) is 4.08. The van der Waals surface area contributed by atoms with Gasteiger partial charge in [-0.05, 0) is 28.1 Å².